The number of hydrogen-bond donors (Lipinski definition) is 1. The Morgan fingerprint density at radius 2 is 2.00 bits per heavy atom. The van der Waals surface area contributed by atoms with Crippen LogP contribution in [0.2, 0.25) is 0 Å². The van der Waals surface area contributed by atoms with Crippen molar-refractivity contribution >= 4 is 0 Å². The second-order valence-electron chi connectivity index (χ2n) is 5.31. The summed E-state index contributed by atoms with van der Waals surface area (Å²) in [6.45, 7) is 2.35. The highest BCUT2D eigenvalue weighted by atomic mass is 16.5. The van der Waals surface area contributed by atoms with Crippen LogP contribution in [0.1, 0.15) is 24.8 Å². The van der Waals surface area contributed by atoms with Gasteiger partial charge in [-0.2, -0.15) is 0 Å². The number of aliphatic hydroxyl groups excluding tert-OH is 1. The molecule has 0 radical (unpaired) electrons. The molecular formula is C16H25NO3. The Morgan fingerprint density at radius 1 is 1.20 bits per heavy atom. The highest BCUT2D eigenvalue weighted by Gasteiger charge is 2.21. The van der Waals surface area contributed by atoms with Crippen LogP contribution in [0.15, 0.2) is 18.2 Å². The molecule has 0 aliphatic carbocycles. The first-order valence-corrected chi connectivity index (χ1v) is 7.34. The van der Waals surface area contributed by atoms with E-state index in [1.807, 2.05) is 12.1 Å². The van der Waals surface area contributed by atoms with Crippen LogP contribution < -0.4 is 9.47 Å². The Kier molecular flexibility index (Phi) is 5.68. The van der Waals surface area contributed by atoms with E-state index in [0.717, 1.165) is 37.4 Å². The lowest BCUT2D eigenvalue weighted by Crippen LogP contribution is -2.42. The number of piperidine rings is 1. The SMILES string of the molecule is COc1ccc(CCN2CCCCC2CO)cc1OC. The van der Waals surface area contributed by atoms with E-state index in [-0.39, 0.29) is 6.61 Å². The number of likely N-dealkylation sites (tertiary alicyclic amines) is 1. The van der Waals surface area contributed by atoms with Gasteiger partial charge in [-0.25, -0.2) is 0 Å². The summed E-state index contributed by atoms with van der Waals surface area (Å²) >= 11 is 0. The average molecular weight is 279 g/mol. The molecule has 1 unspecified atom stereocenters. The van der Waals surface area contributed by atoms with Gasteiger partial charge in [0.25, 0.3) is 0 Å². The Hall–Kier alpha value is -1.26. The van der Waals surface area contributed by atoms with Gasteiger partial charge < -0.3 is 14.6 Å². The summed E-state index contributed by atoms with van der Waals surface area (Å²) in [5.41, 5.74) is 1.24. The molecule has 112 valence electrons. The third-order valence-electron chi connectivity index (χ3n) is 4.10. The van der Waals surface area contributed by atoms with Gasteiger partial charge >= 0.3 is 0 Å². The van der Waals surface area contributed by atoms with Gasteiger partial charge in [-0.1, -0.05) is 12.5 Å². The molecule has 2 rings (SSSR count). The minimum atomic E-state index is 0.270. The molecule has 1 atom stereocenters. The zero-order valence-electron chi connectivity index (χ0n) is 12.5. The lowest BCUT2D eigenvalue weighted by Gasteiger charge is -2.34. The molecule has 1 aliphatic rings. The second kappa shape index (κ2) is 7.50. The first kappa shape index (κ1) is 15.1. The van der Waals surface area contributed by atoms with Crippen molar-refractivity contribution in [3.05, 3.63) is 23.8 Å². The lowest BCUT2D eigenvalue weighted by molar-refractivity contribution is 0.0913. The van der Waals surface area contributed by atoms with Gasteiger partial charge in [0.1, 0.15) is 0 Å². The number of nitrogens with zero attached hydrogens (tertiary/aromatic N) is 1. The van der Waals surface area contributed by atoms with Crippen LogP contribution in [0.5, 0.6) is 11.5 Å². The zero-order valence-corrected chi connectivity index (χ0v) is 12.5. The molecule has 1 aliphatic heterocycles. The fourth-order valence-corrected chi connectivity index (χ4v) is 2.87. The number of hydrogen-bond acceptors (Lipinski definition) is 4. The Balaban J connectivity index is 1.96. The van der Waals surface area contributed by atoms with E-state index in [4.69, 9.17) is 9.47 Å². The fraction of sp³-hybridized carbons (Fsp3) is 0.625. The molecule has 1 fully saturated rings. The van der Waals surface area contributed by atoms with Crippen molar-refractivity contribution in [1.29, 1.82) is 0 Å². The average Bonchev–Trinajstić information content (AvgIpc) is 2.52. The number of rotatable bonds is 6. The lowest BCUT2D eigenvalue weighted by atomic mass is 10.0. The maximum absolute atomic E-state index is 9.43. The van der Waals surface area contributed by atoms with Crippen molar-refractivity contribution < 1.29 is 14.6 Å². The summed E-state index contributed by atoms with van der Waals surface area (Å²) in [5.74, 6) is 1.55. The highest BCUT2D eigenvalue weighted by molar-refractivity contribution is 5.42. The van der Waals surface area contributed by atoms with Crippen LogP contribution in [0, 0.1) is 0 Å². The molecule has 1 aromatic rings. The van der Waals surface area contributed by atoms with Gasteiger partial charge in [-0.05, 0) is 43.5 Å². The molecule has 1 saturated heterocycles. The molecule has 0 saturated carbocycles. The summed E-state index contributed by atoms with van der Waals surface area (Å²) in [4.78, 5) is 2.40. The molecular weight excluding hydrogens is 254 g/mol. The van der Waals surface area contributed by atoms with E-state index in [0.29, 0.717) is 6.04 Å². The van der Waals surface area contributed by atoms with E-state index in [1.165, 1.54) is 18.4 Å². The Morgan fingerprint density at radius 3 is 2.70 bits per heavy atom. The van der Waals surface area contributed by atoms with Crippen LogP contribution >= 0.6 is 0 Å². The van der Waals surface area contributed by atoms with Gasteiger partial charge in [0.05, 0.1) is 20.8 Å². The van der Waals surface area contributed by atoms with Crippen LogP contribution in [0.4, 0.5) is 0 Å². The molecule has 0 bridgehead atoms. The minimum Gasteiger partial charge on any atom is -0.493 e. The number of benzene rings is 1. The van der Waals surface area contributed by atoms with Gasteiger partial charge in [0.15, 0.2) is 11.5 Å². The third kappa shape index (κ3) is 3.64. The van der Waals surface area contributed by atoms with Gasteiger partial charge in [-0.3, -0.25) is 4.90 Å². The van der Waals surface area contributed by atoms with Crippen molar-refractivity contribution in [2.24, 2.45) is 0 Å². The molecule has 20 heavy (non-hydrogen) atoms. The second-order valence-corrected chi connectivity index (χ2v) is 5.31. The summed E-state index contributed by atoms with van der Waals surface area (Å²) in [6.07, 6.45) is 4.56. The molecule has 0 amide bonds. The molecule has 1 heterocycles. The largest absolute Gasteiger partial charge is 0.493 e. The van der Waals surface area contributed by atoms with Crippen molar-refractivity contribution in [1.82, 2.24) is 4.90 Å². The van der Waals surface area contributed by atoms with Crippen LogP contribution in [0.25, 0.3) is 0 Å². The van der Waals surface area contributed by atoms with E-state index in [2.05, 4.69) is 11.0 Å². The van der Waals surface area contributed by atoms with Crippen molar-refractivity contribution in [2.75, 3.05) is 33.9 Å². The summed E-state index contributed by atoms with van der Waals surface area (Å²) in [6, 6.07) is 6.41. The fourth-order valence-electron chi connectivity index (χ4n) is 2.87. The molecule has 0 aromatic heterocycles. The van der Waals surface area contributed by atoms with Crippen LogP contribution in [-0.4, -0.2) is 50.0 Å². The van der Waals surface area contributed by atoms with Crippen molar-refractivity contribution in [3.8, 4) is 11.5 Å². The van der Waals surface area contributed by atoms with Gasteiger partial charge in [0, 0.05) is 12.6 Å². The van der Waals surface area contributed by atoms with E-state index in [9.17, 15) is 5.11 Å². The molecule has 1 N–H and O–H groups in total. The standard InChI is InChI=1S/C16H25NO3/c1-19-15-7-6-13(11-16(15)20-2)8-10-17-9-4-3-5-14(17)12-18/h6-7,11,14,18H,3-5,8-10,12H2,1-2H3. The number of methoxy groups -OCH3 is 2. The van der Waals surface area contributed by atoms with E-state index in [1.54, 1.807) is 14.2 Å². The van der Waals surface area contributed by atoms with Crippen LogP contribution in [0.3, 0.4) is 0 Å². The highest BCUT2D eigenvalue weighted by Crippen LogP contribution is 2.28. The first-order valence-electron chi connectivity index (χ1n) is 7.34. The maximum atomic E-state index is 9.43. The minimum absolute atomic E-state index is 0.270. The number of aliphatic hydroxyl groups is 1. The number of ether oxygens (including phenoxy) is 2. The third-order valence-corrected chi connectivity index (χ3v) is 4.10. The smallest absolute Gasteiger partial charge is 0.160 e. The van der Waals surface area contributed by atoms with E-state index >= 15 is 0 Å². The summed E-state index contributed by atoms with van der Waals surface area (Å²) in [5, 5.41) is 9.43. The van der Waals surface area contributed by atoms with Crippen molar-refractivity contribution in [2.45, 2.75) is 31.7 Å². The summed E-state index contributed by atoms with van der Waals surface area (Å²) in [7, 11) is 3.31. The summed E-state index contributed by atoms with van der Waals surface area (Å²) < 4.78 is 10.6. The van der Waals surface area contributed by atoms with Crippen molar-refractivity contribution in [3.63, 3.8) is 0 Å². The van der Waals surface area contributed by atoms with Gasteiger partial charge in [0.2, 0.25) is 0 Å². The predicted octanol–water partition coefficient (Wildman–Crippen LogP) is 2.09. The molecule has 0 spiro atoms. The predicted molar refractivity (Wildman–Crippen MR) is 79.5 cm³/mol. The normalized spacial score (nSPS) is 19.9. The van der Waals surface area contributed by atoms with E-state index < -0.39 is 0 Å². The maximum Gasteiger partial charge on any atom is 0.160 e. The molecule has 4 heteroatoms. The zero-order chi connectivity index (χ0) is 14.4. The first-order chi connectivity index (χ1) is 9.78. The quantitative estimate of drug-likeness (QED) is 0.866. The Bertz CT molecular complexity index is 422. The topological polar surface area (TPSA) is 41.9 Å². The molecule has 1 aromatic carbocycles. The van der Waals surface area contributed by atoms with Crippen LogP contribution in [-0.2, 0) is 6.42 Å². The van der Waals surface area contributed by atoms with Gasteiger partial charge in [-0.15, -0.1) is 0 Å². The molecule has 4 nitrogen and oxygen atoms in total. The monoisotopic (exact) mass is 279 g/mol. The Labute approximate surface area is 121 Å².